The van der Waals surface area contributed by atoms with Crippen molar-refractivity contribution in [3.8, 4) is 0 Å². The molecule has 0 unspecified atom stereocenters. The third-order valence-corrected chi connectivity index (χ3v) is 2.47. The second-order valence-corrected chi connectivity index (χ2v) is 3.85. The molecule has 0 saturated heterocycles. The molecule has 0 saturated carbocycles. The van der Waals surface area contributed by atoms with E-state index in [0.29, 0.717) is 12.1 Å². The fourth-order valence-corrected chi connectivity index (χ4v) is 1.48. The summed E-state index contributed by atoms with van der Waals surface area (Å²) in [6, 6.07) is 2.25. The fraction of sp³-hybridized carbons (Fsp3) is 0.333. The van der Waals surface area contributed by atoms with Crippen LogP contribution in [0.25, 0.3) is 0 Å². The fourth-order valence-electron chi connectivity index (χ4n) is 1.03. The molecule has 0 atom stereocenters. The maximum Gasteiger partial charge on any atom is 0.137 e. The quantitative estimate of drug-likeness (QED) is 0.729. The summed E-state index contributed by atoms with van der Waals surface area (Å²) in [4.78, 5) is 1.78. The Bertz CT molecular complexity index is 313. The van der Waals surface area contributed by atoms with Gasteiger partial charge < -0.3 is 4.90 Å². The lowest BCUT2D eigenvalue weighted by Crippen LogP contribution is -2.13. The van der Waals surface area contributed by atoms with Crippen molar-refractivity contribution in [3.63, 3.8) is 0 Å². The molecule has 1 aromatic rings. The Morgan fingerprint density at radius 3 is 2.31 bits per heavy atom. The zero-order valence-electron chi connectivity index (χ0n) is 7.44. The Kier molecular flexibility index (Phi) is 3.39. The van der Waals surface area contributed by atoms with Gasteiger partial charge in [0.05, 0.1) is 4.47 Å². The number of benzene rings is 1. The Morgan fingerprint density at radius 1 is 1.23 bits per heavy atom. The molecule has 0 fully saturated rings. The van der Waals surface area contributed by atoms with Gasteiger partial charge in [-0.15, -0.1) is 0 Å². The predicted molar refractivity (Wildman–Crippen MR) is 51.4 cm³/mol. The number of hydrogen-bond acceptors (Lipinski definition) is 1. The highest BCUT2D eigenvalue weighted by Crippen LogP contribution is 2.24. The second kappa shape index (κ2) is 4.15. The van der Waals surface area contributed by atoms with Crippen LogP contribution in [-0.2, 0) is 6.54 Å². The molecular weight excluding hydrogens is 240 g/mol. The molecule has 1 nitrogen and oxygen atoms in total. The van der Waals surface area contributed by atoms with Gasteiger partial charge in [-0.2, -0.15) is 0 Å². The van der Waals surface area contributed by atoms with Crippen LogP contribution in [0.1, 0.15) is 5.56 Å². The minimum Gasteiger partial charge on any atom is -0.305 e. The monoisotopic (exact) mass is 249 g/mol. The summed E-state index contributed by atoms with van der Waals surface area (Å²) in [6.07, 6.45) is 0. The van der Waals surface area contributed by atoms with E-state index < -0.39 is 5.82 Å². The first-order valence-corrected chi connectivity index (χ1v) is 4.58. The van der Waals surface area contributed by atoms with Gasteiger partial charge in [-0.3, -0.25) is 0 Å². The molecule has 0 aliphatic heterocycles. The number of halogens is 3. The van der Waals surface area contributed by atoms with Crippen molar-refractivity contribution >= 4 is 15.9 Å². The van der Waals surface area contributed by atoms with Crippen molar-refractivity contribution in [1.82, 2.24) is 4.90 Å². The van der Waals surface area contributed by atoms with E-state index in [1.807, 2.05) is 0 Å². The van der Waals surface area contributed by atoms with Crippen molar-refractivity contribution in [2.75, 3.05) is 14.1 Å². The summed E-state index contributed by atoms with van der Waals surface area (Å²) in [5.74, 6) is -0.819. The van der Waals surface area contributed by atoms with Gasteiger partial charge >= 0.3 is 0 Å². The predicted octanol–water partition coefficient (Wildman–Crippen LogP) is 2.79. The summed E-state index contributed by atoms with van der Waals surface area (Å²) in [7, 11) is 3.60. The number of rotatable bonds is 2. The van der Waals surface area contributed by atoms with Gasteiger partial charge in [-0.05, 0) is 42.2 Å². The van der Waals surface area contributed by atoms with Crippen LogP contribution < -0.4 is 0 Å². The minimum absolute atomic E-state index is 0.209. The van der Waals surface area contributed by atoms with E-state index in [0.717, 1.165) is 12.1 Å². The largest absolute Gasteiger partial charge is 0.305 e. The summed E-state index contributed by atoms with van der Waals surface area (Å²) in [5.41, 5.74) is 0.352. The molecule has 0 bridgehead atoms. The lowest BCUT2D eigenvalue weighted by molar-refractivity contribution is 0.389. The van der Waals surface area contributed by atoms with Crippen LogP contribution in [0, 0.1) is 11.6 Å². The van der Waals surface area contributed by atoms with Gasteiger partial charge in [0.15, 0.2) is 0 Å². The average Bonchev–Trinajstić information content (AvgIpc) is 2.05. The lowest BCUT2D eigenvalue weighted by Gasteiger charge is -2.12. The van der Waals surface area contributed by atoms with E-state index in [1.54, 1.807) is 19.0 Å². The number of nitrogens with zero attached hydrogens (tertiary/aromatic N) is 1. The molecule has 0 amide bonds. The van der Waals surface area contributed by atoms with Crippen molar-refractivity contribution in [3.05, 3.63) is 33.8 Å². The second-order valence-electron chi connectivity index (χ2n) is 3.06. The average molecular weight is 250 g/mol. The third-order valence-electron chi connectivity index (χ3n) is 1.61. The van der Waals surface area contributed by atoms with E-state index >= 15 is 0 Å². The summed E-state index contributed by atoms with van der Waals surface area (Å²) >= 11 is 3.02. The van der Waals surface area contributed by atoms with Gasteiger partial charge in [-0.1, -0.05) is 0 Å². The summed E-state index contributed by atoms with van der Waals surface area (Å²) in [6.45, 7) is 0.379. The molecule has 0 aliphatic rings. The maximum absolute atomic E-state index is 13.2. The first-order valence-electron chi connectivity index (χ1n) is 3.79. The lowest BCUT2D eigenvalue weighted by atomic mass is 10.2. The molecule has 1 aromatic carbocycles. The first kappa shape index (κ1) is 10.6. The topological polar surface area (TPSA) is 3.24 Å². The smallest absolute Gasteiger partial charge is 0.137 e. The SMILES string of the molecule is CN(C)Cc1c(F)ccc(F)c1Br. The molecule has 0 heterocycles. The van der Waals surface area contributed by atoms with Crippen molar-refractivity contribution in [1.29, 1.82) is 0 Å². The standard InChI is InChI=1S/C9H10BrF2N/c1-13(2)5-6-7(11)3-4-8(12)9(6)10/h3-4H,5H2,1-2H3. The Morgan fingerprint density at radius 2 is 1.77 bits per heavy atom. The van der Waals surface area contributed by atoms with Crippen LogP contribution in [0.15, 0.2) is 16.6 Å². The van der Waals surface area contributed by atoms with Crippen molar-refractivity contribution in [2.24, 2.45) is 0 Å². The molecule has 0 N–H and O–H groups in total. The molecule has 13 heavy (non-hydrogen) atoms. The minimum atomic E-state index is -0.432. The highest BCUT2D eigenvalue weighted by molar-refractivity contribution is 9.10. The number of hydrogen-bond donors (Lipinski definition) is 0. The molecule has 72 valence electrons. The zero-order valence-corrected chi connectivity index (χ0v) is 9.03. The summed E-state index contributed by atoms with van der Waals surface area (Å²) in [5, 5.41) is 0. The molecule has 1 rings (SSSR count). The van der Waals surface area contributed by atoms with Crippen LogP contribution in [0.2, 0.25) is 0 Å². The van der Waals surface area contributed by atoms with Crippen LogP contribution in [0.3, 0.4) is 0 Å². The van der Waals surface area contributed by atoms with Crippen LogP contribution in [0.5, 0.6) is 0 Å². The maximum atomic E-state index is 13.2. The first-order chi connectivity index (χ1) is 6.02. The molecule has 0 aliphatic carbocycles. The van der Waals surface area contributed by atoms with Crippen LogP contribution in [0.4, 0.5) is 8.78 Å². The van der Waals surface area contributed by atoms with Gasteiger partial charge in [0.1, 0.15) is 11.6 Å². The van der Waals surface area contributed by atoms with Crippen LogP contribution in [-0.4, -0.2) is 19.0 Å². The Balaban J connectivity index is 3.10. The van der Waals surface area contributed by atoms with Gasteiger partial charge in [0.25, 0.3) is 0 Å². The van der Waals surface area contributed by atoms with E-state index in [2.05, 4.69) is 15.9 Å². The third kappa shape index (κ3) is 2.48. The van der Waals surface area contributed by atoms with Gasteiger partial charge in [0.2, 0.25) is 0 Å². The highest BCUT2D eigenvalue weighted by atomic mass is 79.9. The van der Waals surface area contributed by atoms with Crippen LogP contribution >= 0.6 is 15.9 Å². The molecule has 4 heteroatoms. The molecule has 0 radical (unpaired) electrons. The molecular formula is C9H10BrF2N. The zero-order chi connectivity index (χ0) is 10.0. The van der Waals surface area contributed by atoms with Crippen molar-refractivity contribution in [2.45, 2.75) is 6.54 Å². The van der Waals surface area contributed by atoms with E-state index in [-0.39, 0.29) is 10.3 Å². The van der Waals surface area contributed by atoms with Gasteiger partial charge in [-0.25, -0.2) is 8.78 Å². The van der Waals surface area contributed by atoms with E-state index in [1.165, 1.54) is 0 Å². The summed E-state index contributed by atoms with van der Waals surface area (Å²) < 4.78 is 26.4. The molecule has 0 spiro atoms. The van der Waals surface area contributed by atoms with E-state index in [4.69, 9.17) is 0 Å². The van der Waals surface area contributed by atoms with E-state index in [9.17, 15) is 8.78 Å². The normalized spacial score (nSPS) is 10.9. The van der Waals surface area contributed by atoms with Gasteiger partial charge in [0, 0.05) is 12.1 Å². The molecule has 0 aromatic heterocycles. The van der Waals surface area contributed by atoms with Crippen molar-refractivity contribution < 1.29 is 8.78 Å². The Hall–Kier alpha value is -0.480. The Labute approximate surface area is 84.5 Å². The highest BCUT2D eigenvalue weighted by Gasteiger charge is 2.11.